The highest BCUT2D eigenvalue weighted by Gasteiger charge is 2.30. The first-order valence-corrected chi connectivity index (χ1v) is 7.87. The van der Waals surface area contributed by atoms with Gasteiger partial charge in [0.05, 0.1) is 5.56 Å². The maximum absolute atomic E-state index is 12.8. The molecule has 5 nitrogen and oxygen atoms in total. The summed E-state index contributed by atoms with van der Waals surface area (Å²) in [5, 5.41) is 5.58. The topological polar surface area (TPSA) is 62.7 Å². The molecule has 2 aromatic carbocycles. The summed E-state index contributed by atoms with van der Waals surface area (Å²) in [4.78, 5) is 12.0. The van der Waals surface area contributed by atoms with E-state index < -0.39 is 11.7 Å². The Bertz CT molecular complexity index is 913. The molecule has 0 atom stereocenters. The maximum atomic E-state index is 12.8. The van der Waals surface area contributed by atoms with Crippen LogP contribution in [0.3, 0.4) is 0 Å². The van der Waals surface area contributed by atoms with Gasteiger partial charge in [-0.3, -0.25) is 0 Å². The lowest BCUT2D eigenvalue weighted by molar-refractivity contribution is -0.137. The molecule has 2 N–H and O–H groups in total. The van der Waals surface area contributed by atoms with Gasteiger partial charge in [-0.2, -0.15) is 28.1 Å². The van der Waals surface area contributed by atoms with Crippen molar-refractivity contribution in [3.63, 3.8) is 0 Å². The molecule has 1 aromatic heterocycles. The Hall–Kier alpha value is -2.87. The molecule has 1 heterocycles. The lowest BCUT2D eigenvalue weighted by Crippen LogP contribution is -2.07. The summed E-state index contributed by atoms with van der Waals surface area (Å²) in [7, 11) is 0. The summed E-state index contributed by atoms with van der Waals surface area (Å²) in [5.41, 5.74) is 1.24. The Morgan fingerprint density at radius 2 is 1.46 bits per heavy atom. The van der Waals surface area contributed by atoms with Gasteiger partial charge in [-0.15, -0.1) is 0 Å². The lowest BCUT2D eigenvalue weighted by atomic mass is 10.2. The first-order valence-electron chi connectivity index (χ1n) is 7.49. The third-order valence-electron chi connectivity index (χ3n) is 3.36. The summed E-state index contributed by atoms with van der Waals surface area (Å²) in [6.07, 6.45) is -4.44. The zero-order valence-corrected chi connectivity index (χ0v) is 14.2. The number of halogens is 4. The Kier molecular flexibility index (Phi) is 4.94. The zero-order chi connectivity index (χ0) is 18.7. The fourth-order valence-electron chi connectivity index (χ4n) is 2.13. The number of hydrogen-bond acceptors (Lipinski definition) is 5. The van der Waals surface area contributed by atoms with Gasteiger partial charge in [0.1, 0.15) is 0 Å². The Morgan fingerprint density at radius 1 is 0.846 bits per heavy atom. The third kappa shape index (κ3) is 4.60. The van der Waals surface area contributed by atoms with Gasteiger partial charge in [0.2, 0.25) is 17.2 Å². The summed E-state index contributed by atoms with van der Waals surface area (Å²) in [5.74, 6) is 0.197. The normalized spacial score (nSPS) is 11.3. The van der Waals surface area contributed by atoms with Crippen LogP contribution >= 0.6 is 11.6 Å². The first-order chi connectivity index (χ1) is 12.3. The van der Waals surface area contributed by atoms with Gasteiger partial charge < -0.3 is 10.6 Å². The van der Waals surface area contributed by atoms with Crippen LogP contribution in [0.1, 0.15) is 11.1 Å². The van der Waals surface area contributed by atoms with Crippen LogP contribution in [0.4, 0.5) is 36.4 Å². The second kappa shape index (κ2) is 7.17. The van der Waals surface area contributed by atoms with Crippen molar-refractivity contribution in [2.75, 3.05) is 10.6 Å². The zero-order valence-electron chi connectivity index (χ0n) is 13.5. The average Bonchev–Trinajstić information content (AvgIpc) is 2.56. The molecule has 9 heteroatoms. The van der Waals surface area contributed by atoms with Crippen LogP contribution in [-0.4, -0.2) is 15.0 Å². The van der Waals surface area contributed by atoms with Crippen LogP contribution in [0.2, 0.25) is 5.28 Å². The predicted molar refractivity (Wildman–Crippen MR) is 94.0 cm³/mol. The van der Waals surface area contributed by atoms with Crippen LogP contribution in [0.25, 0.3) is 0 Å². The van der Waals surface area contributed by atoms with E-state index in [9.17, 15) is 13.2 Å². The van der Waals surface area contributed by atoms with Crippen LogP contribution in [0.15, 0.2) is 48.5 Å². The number of aromatic nitrogens is 3. The van der Waals surface area contributed by atoms with Crippen LogP contribution < -0.4 is 10.6 Å². The second-order valence-corrected chi connectivity index (χ2v) is 5.78. The average molecular weight is 380 g/mol. The lowest BCUT2D eigenvalue weighted by Gasteiger charge is -2.11. The van der Waals surface area contributed by atoms with E-state index in [1.54, 1.807) is 0 Å². The number of nitrogens with one attached hydrogen (secondary N) is 2. The smallest absolute Gasteiger partial charge is 0.324 e. The minimum absolute atomic E-state index is 0.0268. The van der Waals surface area contributed by atoms with Crippen molar-refractivity contribution in [2.45, 2.75) is 13.1 Å². The van der Waals surface area contributed by atoms with E-state index in [2.05, 4.69) is 25.6 Å². The Labute approximate surface area is 152 Å². The van der Waals surface area contributed by atoms with Crippen LogP contribution in [0, 0.1) is 6.92 Å². The van der Waals surface area contributed by atoms with Gasteiger partial charge in [-0.1, -0.05) is 23.8 Å². The maximum Gasteiger partial charge on any atom is 0.416 e. The minimum atomic E-state index is -4.44. The standard InChI is InChI=1S/C17H13ClF3N5/c1-10-5-7-12(8-6-10)22-15-24-14(18)25-16(26-15)23-13-4-2-3-11(9-13)17(19,20)21/h2-9H,1H3,(H2,22,23,24,25,26). The Balaban J connectivity index is 1.83. The van der Waals surface area contributed by atoms with E-state index in [4.69, 9.17) is 11.6 Å². The number of benzene rings is 2. The molecule has 0 aliphatic carbocycles. The second-order valence-electron chi connectivity index (χ2n) is 5.45. The van der Waals surface area contributed by atoms with Crippen molar-refractivity contribution >= 4 is 34.9 Å². The molecule has 0 unspecified atom stereocenters. The quantitative estimate of drug-likeness (QED) is 0.640. The molecule has 0 fully saturated rings. The molecule has 134 valence electrons. The van der Waals surface area contributed by atoms with Gasteiger partial charge in [0, 0.05) is 11.4 Å². The summed E-state index contributed by atoms with van der Waals surface area (Å²) in [6, 6.07) is 12.2. The molecule has 0 radical (unpaired) electrons. The van der Waals surface area contributed by atoms with Gasteiger partial charge in [-0.25, -0.2) is 0 Å². The molecule has 0 bridgehead atoms. The number of rotatable bonds is 4. The highest BCUT2D eigenvalue weighted by molar-refractivity contribution is 6.28. The number of anilines is 4. The van der Waals surface area contributed by atoms with Crippen molar-refractivity contribution in [3.8, 4) is 0 Å². The van der Waals surface area contributed by atoms with Crippen molar-refractivity contribution in [1.82, 2.24) is 15.0 Å². The fourth-order valence-corrected chi connectivity index (χ4v) is 2.29. The molecule has 3 rings (SSSR count). The van der Waals surface area contributed by atoms with E-state index in [1.165, 1.54) is 12.1 Å². The highest BCUT2D eigenvalue weighted by Crippen LogP contribution is 2.31. The first kappa shape index (κ1) is 17.9. The van der Waals surface area contributed by atoms with Crippen LogP contribution in [0.5, 0.6) is 0 Å². The highest BCUT2D eigenvalue weighted by atomic mass is 35.5. The predicted octanol–water partition coefficient (Wildman–Crippen LogP) is 5.34. The Morgan fingerprint density at radius 3 is 2.08 bits per heavy atom. The van der Waals surface area contributed by atoms with Crippen molar-refractivity contribution < 1.29 is 13.2 Å². The van der Waals surface area contributed by atoms with E-state index in [-0.39, 0.29) is 22.9 Å². The molecule has 0 saturated carbocycles. The van der Waals surface area contributed by atoms with Crippen molar-refractivity contribution in [1.29, 1.82) is 0 Å². The number of aryl methyl sites for hydroxylation is 1. The van der Waals surface area contributed by atoms with Gasteiger partial charge in [-0.05, 0) is 48.9 Å². The molecule has 0 saturated heterocycles. The summed E-state index contributed by atoms with van der Waals surface area (Å²) >= 11 is 5.89. The molecule has 0 spiro atoms. The largest absolute Gasteiger partial charge is 0.416 e. The van der Waals surface area contributed by atoms with Crippen LogP contribution in [-0.2, 0) is 6.18 Å². The SMILES string of the molecule is Cc1ccc(Nc2nc(Cl)nc(Nc3cccc(C(F)(F)F)c3)n2)cc1. The van der Waals surface area contributed by atoms with Gasteiger partial charge in [0.25, 0.3) is 0 Å². The third-order valence-corrected chi connectivity index (χ3v) is 3.53. The molecule has 0 amide bonds. The van der Waals surface area contributed by atoms with E-state index in [0.717, 1.165) is 23.4 Å². The van der Waals surface area contributed by atoms with E-state index >= 15 is 0 Å². The number of hydrogen-bond donors (Lipinski definition) is 2. The molecule has 3 aromatic rings. The molecule has 0 aliphatic heterocycles. The molecular weight excluding hydrogens is 367 g/mol. The number of nitrogens with zero attached hydrogens (tertiary/aromatic N) is 3. The number of alkyl halides is 3. The monoisotopic (exact) mass is 379 g/mol. The fraction of sp³-hybridized carbons (Fsp3) is 0.118. The molecule has 26 heavy (non-hydrogen) atoms. The minimum Gasteiger partial charge on any atom is -0.324 e. The molecular formula is C17H13ClF3N5. The summed E-state index contributed by atoms with van der Waals surface area (Å²) in [6.45, 7) is 1.96. The summed E-state index contributed by atoms with van der Waals surface area (Å²) < 4.78 is 38.4. The van der Waals surface area contributed by atoms with E-state index in [0.29, 0.717) is 0 Å². The van der Waals surface area contributed by atoms with Crippen molar-refractivity contribution in [3.05, 3.63) is 64.9 Å². The van der Waals surface area contributed by atoms with Gasteiger partial charge in [0.15, 0.2) is 0 Å². The van der Waals surface area contributed by atoms with Crippen molar-refractivity contribution in [2.24, 2.45) is 0 Å². The van der Waals surface area contributed by atoms with Gasteiger partial charge >= 0.3 is 6.18 Å². The molecule has 0 aliphatic rings. The van der Waals surface area contributed by atoms with E-state index in [1.807, 2.05) is 31.2 Å².